The lowest BCUT2D eigenvalue weighted by Gasteiger charge is -2.07. The van der Waals surface area contributed by atoms with Gasteiger partial charge >= 0.3 is 0 Å². The van der Waals surface area contributed by atoms with E-state index in [0.717, 1.165) is 19.2 Å². The Morgan fingerprint density at radius 1 is 1.36 bits per heavy atom. The summed E-state index contributed by atoms with van der Waals surface area (Å²) < 4.78 is 25.4. The van der Waals surface area contributed by atoms with E-state index in [1.165, 1.54) is 0 Å². The lowest BCUT2D eigenvalue weighted by Crippen LogP contribution is -2.15. The van der Waals surface area contributed by atoms with Crippen molar-refractivity contribution in [2.24, 2.45) is 0 Å². The van der Waals surface area contributed by atoms with Crippen LogP contribution in [-0.4, -0.2) is 46.8 Å². The minimum absolute atomic E-state index is 0.275. The molecule has 0 unspecified atom stereocenters. The first-order chi connectivity index (χ1) is 4.92. The van der Waals surface area contributed by atoms with Crippen LogP contribution in [0.2, 0.25) is 0 Å². The Balaban J connectivity index is 3.30. The van der Waals surface area contributed by atoms with Gasteiger partial charge in [0.2, 0.25) is 0 Å². The van der Waals surface area contributed by atoms with Gasteiger partial charge in [-0.15, -0.1) is 0 Å². The molecule has 4 nitrogen and oxygen atoms in total. The van der Waals surface area contributed by atoms with E-state index >= 15 is 0 Å². The van der Waals surface area contributed by atoms with E-state index in [2.05, 4.69) is 4.18 Å². The molecule has 0 aliphatic rings. The predicted octanol–water partition coefficient (Wildman–Crippen LogP) is -0.0857. The normalized spacial score (nSPS) is 12.4. The molecule has 0 aromatic carbocycles. The van der Waals surface area contributed by atoms with Gasteiger partial charge in [0.15, 0.2) is 0 Å². The summed E-state index contributed by atoms with van der Waals surface area (Å²) in [7, 11) is 0.621. The molecular formula is C6H15NO3S. The van der Waals surface area contributed by atoms with Crippen molar-refractivity contribution in [2.45, 2.75) is 6.42 Å². The van der Waals surface area contributed by atoms with Crippen LogP contribution in [0.4, 0.5) is 0 Å². The lowest BCUT2D eigenvalue weighted by atomic mass is 10.4. The molecule has 0 aliphatic heterocycles. The SMILES string of the molecule is CN(C)CCCOS(C)(=O)=O. The Kier molecular flexibility index (Phi) is 4.63. The Hall–Kier alpha value is -0.130. The van der Waals surface area contributed by atoms with E-state index in [-0.39, 0.29) is 6.61 Å². The molecule has 68 valence electrons. The second-order valence-corrected chi connectivity index (χ2v) is 4.33. The molecule has 0 radical (unpaired) electrons. The van der Waals surface area contributed by atoms with Crippen molar-refractivity contribution >= 4 is 10.1 Å². The molecule has 0 N–H and O–H groups in total. The second-order valence-electron chi connectivity index (χ2n) is 2.68. The lowest BCUT2D eigenvalue weighted by molar-refractivity contribution is 0.287. The van der Waals surface area contributed by atoms with E-state index < -0.39 is 10.1 Å². The first kappa shape index (κ1) is 10.9. The molecule has 0 bridgehead atoms. The fourth-order valence-electron chi connectivity index (χ4n) is 0.591. The van der Waals surface area contributed by atoms with Crippen molar-refractivity contribution < 1.29 is 12.6 Å². The Labute approximate surface area is 68.3 Å². The Morgan fingerprint density at radius 2 is 1.91 bits per heavy atom. The third kappa shape index (κ3) is 9.87. The van der Waals surface area contributed by atoms with Crippen LogP contribution in [0.25, 0.3) is 0 Å². The molecule has 0 amide bonds. The monoisotopic (exact) mass is 181 g/mol. The highest BCUT2D eigenvalue weighted by Crippen LogP contribution is 1.90. The fraction of sp³-hybridized carbons (Fsp3) is 1.00. The zero-order chi connectivity index (χ0) is 8.91. The highest BCUT2D eigenvalue weighted by Gasteiger charge is 2.00. The highest BCUT2D eigenvalue weighted by atomic mass is 32.2. The minimum atomic E-state index is -3.24. The predicted molar refractivity (Wildman–Crippen MR) is 44.0 cm³/mol. The summed E-state index contributed by atoms with van der Waals surface area (Å²) in [6.45, 7) is 1.12. The molecule has 0 saturated heterocycles. The average Bonchev–Trinajstić information content (AvgIpc) is 1.78. The Morgan fingerprint density at radius 3 is 2.27 bits per heavy atom. The largest absolute Gasteiger partial charge is 0.309 e. The van der Waals surface area contributed by atoms with Crippen LogP contribution < -0.4 is 0 Å². The molecular weight excluding hydrogens is 166 g/mol. The van der Waals surface area contributed by atoms with Gasteiger partial charge in [0, 0.05) is 0 Å². The quantitative estimate of drug-likeness (QED) is 0.439. The van der Waals surface area contributed by atoms with Crippen LogP contribution in [0, 0.1) is 0 Å². The molecule has 11 heavy (non-hydrogen) atoms. The number of hydrogen-bond acceptors (Lipinski definition) is 4. The smallest absolute Gasteiger partial charge is 0.264 e. The minimum Gasteiger partial charge on any atom is -0.309 e. The van der Waals surface area contributed by atoms with Gasteiger partial charge in [-0.3, -0.25) is 4.18 Å². The zero-order valence-corrected chi connectivity index (χ0v) is 8.02. The van der Waals surface area contributed by atoms with E-state index in [0.29, 0.717) is 0 Å². The maximum atomic E-state index is 10.4. The van der Waals surface area contributed by atoms with E-state index in [9.17, 15) is 8.42 Å². The van der Waals surface area contributed by atoms with Crippen molar-refractivity contribution in [1.82, 2.24) is 4.90 Å². The van der Waals surface area contributed by atoms with Gasteiger partial charge in [-0.25, -0.2) is 0 Å². The van der Waals surface area contributed by atoms with Crippen LogP contribution >= 0.6 is 0 Å². The van der Waals surface area contributed by atoms with Crippen molar-refractivity contribution in [3.63, 3.8) is 0 Å². The van der Waals surface area contributed by atoms with Crippen molar-refractivity contribution in [3.05, 3.63) is 0 Å². The molecule has 0 aromatic heterocycles. The van der Waals surface area contributed by atoms with Gasteiger partial charge in [0.05, 0.1) is 12.9 Å². The zero-order valence-electron chi connectivity index (χ0n) is 7.20. The summed E-state index contributed by atoms with van der Waals surface area (Å²) in [6.07, 6.45) is 1.79. The van der Waals surface area contributed by atoms with E-state index in [1.54, 1.807) is 0 Å². The van der Waals surface area contributed by atoms with Crippen LogP contribution in [0.3, 0.4) is 0 Å². The van der Waals surface area contributed by atoms with Gasteiger partial charge in [0.1, 0.15) is 0 Å². The van der Waals surface area contributed by atoms with Gasteiger partial charge in [-0.1, -0.05) is 0 Å². The molecule has 0 heterocycles. The van der Waals surface area contributed by atoms with Crippen molar-refractivity contribution in [2.75, 3.05) is 33.5 Å². The maximum Gasteiger partial charge on any atom is 0.264 e. The summed E-state index contributed by atoms with van der Waals surface area (Å²) in [5, 5.41) is 0. The third-order valence-electron chi connectivity index (χ3n) is 1.05. The third-order valence-corrected chi connectivity index (χ3v) is 1.64. The topological polar surface area (TPSA) is 46.6 Å². The van der Waals surface area contributed by atoms with Gasteiger partial charge in [0.25, 0.3) is 10.1 Å². The van der Waals surface area contributed by atoms with Gasteiger partial charge < -0.3 is 4.90 Å². The summed E-state index contributed by atoms with van der Waals surface area (Å²) >= 11 is 0. The fourth-order valence-corrected chi connectivity index (χ4v) is 1.01. The number of nitrogens with zero attached hydrogens (tertiary/aromatic N) is 1. The van der Waals surface area contributed by atoms with Crippen molar-refractivity contribution in [3.8, 4) is 0 Å². The van der Waals surface area contributed by atoms with Crippen molar-refractivity contribution in [1.29, 1.82) is 0 Å². The summed E-state index contributed by atoms with van der Waals surface area (Å²) in [5.74, 6) is 0. The first-order valence-electron chi connectivity index (χ1n) is 3.41. The molecule has 0 rings (SSSR count). The summed E-state index contributed by atoms with van der Waals surface area (Å²) in [5.41, 5.74) is 0. The molecule has 0 aromatic rings. The molecule has 0 atom stereocenters. The standard InChI is InChI=1S/C6H15NO3S/c1-7(2)5-4-6-10-11(3,8)9/h4-6H2,1-3H3. The van der Waals surface area contributed by atoms with E-state index in [4.69, 9.17) is 0 Å². The van der Waals surface area contributed by atoms with E-state index in [1.807, 2.05) is 19.0 Å². The maximum absolute atomic E-state index is 10.4. The molecule has 0 aliphatic carbocycles. The molecule has 0 saturated carbocycles. The second kappa shape index (κ2) is 4.69. The van der Waals surface area contributed by atoms with Crippen LogP contribution in [-0.2, 0) is 14.3 Å². The molecule has 0 fully saturated rings. The van der Waals surface area contributed by atoms with Crippen LogP contribution in [0.5, 0.6) is 0 Å². The molecule has 0 spiro atoms. The van der Waals surface area contributed by atoms with Gasteiger partial charge in [-0.2, -0.15) is 8.42 Å². The summed E-state index contributed by atoms with van der Waals surface area (Å²) in [4.78, 5) is 1.98. The van der Waals surface area contributed by atoms with Crippen LogP contribution in [0.15, 0.2) is 0 Å². The molecule has 5 heteroatoms. The number of rotatable bonds is 5. The summed E-state index contributed by atoms with van der Waals surface area (Å²) in [6, 6.07) is 0. The Bertz CT molecular complexity index is 186. The highest BCUT2D eigenvalue weighted by molar-refractivity contribution is 7.85. The average molecular weight is 181 g/mol. The first-order valence-corrected chi connectivity index (χ1v) is 5.22. The number of hydrogen-bond donors (Lipinski definition) is 0. The van der Waals surface area contributed by atoms with Gasteiger partial charge in [-0.05, 0) is 27.1 Å². The van der Waals surface area contributed by atoms with Crippen LogP contribution in [0.1, 0.15) is 6.42 Å².